The van der Waals surface area contributed by atoms with Crippen LogP contribution in [0.1, 0.15) is 0 Å². The fraction of sp³-hybridized carbons (Fsp3) is 0.833. The van der Waals surface area contributed by atoms with Crippen LogP contribution in [0.5, 0.6) is 0 Å². The molecule has 62 valence electrons. The van der Waals surface area contributed by atoms with E-state index in [0.29, 0.717) is 0 Å². The van der Waals surface area contributed by atoms with E-state index in [2.05, 4.69) is 0 Å². The molecule has 3 nitrogen and oxygen atoms in total. The maximum Gasteiger partial charge on any atom is 0.232 e. The van der Waals surface area contributed by atoms with Gasteiger partial charge in [0.2, 0.25) is 5.91 Å². The summed E-state index contributed by atoms with van der Waals surface area (Å²) in [5.41, 5.74) is 0. The highest BCUT2D eigenvalue weighted by Crippen LogP contribution is 1.93. The molecular formula is C6H15NO2S. The molecule has 0 spiro atoms. The van der Waals surface area contributed by atoms with Crippen LogP contribution in [0.15, 0.2) is 0 Å². The van der Waals surface area contributed by atoms with E-state index in [1.54, 1.807) is 26.6 Å². The van der Waals surface area contributed by atoms with Crippen molar-refractivity contribution in [2.75, 3.05) is 32.4 Å². The van der Waals surface area contributed by atoms with Crippen LogP contribution in [0.25, 0.3) is 0 Å². The first-order valence-electron chi connectivity index (χ1n) is 3.07. The minimum absolute atomic E-state index is 0.0617. The van der Waals surface area contributed by atoms with Crippen molar-refractivity contribution in [3.05, 3.63) is 0 Å². The van der Waals surface area contributed by atoms with E-state index < -0.39 is 9.93 Å². The van der Waals surface area contributed by atoms with Crippen LogP contribution in [0.2, 0.25) is 0 Å². The Morgan fingerprint density at radius 1 is 1.40 bits per heavy atom. The topological polar surface area (TPSA) is 37.4 Å². The molecule has 0 aromatic rings. The highest BCUT2D eigenvalue weighted by molar-refractivity contribution is 8.02. The highest BCUT2D eigenvalue weighted by atomic mass is 32.2. The summed E-state index contributed by atoms with van der Waals surface area (Å²) < 4.78 is 11.1. The molecule has 10 heavy (non-hydrogen) atoms. The zero-order valence-electron chi connectivity index (χ0n) is 6.92. The molecule has 1 amide bonds. The Hall–Kier alpha value is -0.380. The zero-order valence-corrected chi connectivity index (χ0v) is 7.81. The lowest BCUT2D eigenvalue weighted by molar-refractivity contribution is -0.125. The summed E-state index contributed by atoms with van der Waals surface area (Å²) in [6.07, 6.45) is 3.24. The third-order valence-corrected chi connectivity index (χ3v) is 2.05. The molecule has 0 aliphatic heterocycles. The van der Waals surface area contributed by atoms with E-state index in [-0.39, 0.29) is 11.7 Å². The average molecular weight is 165 g/mol. The zero-order chi connectivity index (χ0) is 8.36. The van der Waals surface area contributed by atoms with Crippen molar-refractivity contribution >= 4 is 15.8 Å². The number of hydrogen-bond acceptors (Lipinski definition) is 2. The predicted molar refractivity (Wildman–Crippen MR) is 44.9 cm³/mol. The van der Waals surface area contributed by atoms with Gasteiger partial charge in [-0.15, -0.1) is 9.93 Å². The largest absolute Gasteiger partial charge is 0.348 e. The molecule has 0 saturated carbocycles. The number of thiol groups is 1. The first-order valence-corrected chi connectivity index (χ1v) is 5.86. The first kappa shape index (κ1) is 9.62. The van der Waals surface area contributed by atoms with Crippen LogP contribution in [0.4, 0.5) is 0 Å². The molecule has 0 saturated heterocycles. The normalized spacial score (nSPS) is 12.8. The molecule has 0 radical (unpaired) electrons. The van der Waals surface area contributed by atoms with Crippen molar-refractivity contribution in [2.45, 2.75) is 0 Å². The van der Waals surface area contributed by atoms with Crippen molar-refractivity contribution in [1.82, 2.24) is 4.90 Å². The van der Waals surface area contributed by atoms with E-state index in [1.165, 1.54) is 4.90 Å². The fourth-order valence-corrected chi connectivity index (χ4v) is 1.40. The summed E-state index contributed by atoms with van der Waals surface area (Å²) in [5, 5.41) is 0. The van der Waals surface area contributed by atoms with Crippen LogP contribution in [-0.4, -0.2) is 47.4 Å². The molecule has 0 heterocycles. The smallest absolute Gasteiger partial charge is 0.232 e. The average Bonchev–Trinajstić information content (AvgIpc) is 1.60. The highest BCUT2D eigenvalue weighted by Gasteiger charge is 2.09. The second-order valence-electron chi connectivity index (χ2n) is 3.02. The van der Waals surface area contributed by atoms with E-state index in [0.717, 1.165) is 0 Å². The number of rotatable bonds is 2. The number of amides is 1. The van der Waals surface area contributed by atoms with E-state index >= 15 is 0 Å². The molecule has 0 aromatic carbocycles. The Kier molecular flexibility index (Phi) is 3.02. The molecule has 4 heteroatoms. The lowest BCUT2D eigenvalue weighted by Crippen LogP contribution is -2.31. The standard InChI is InChI=1S/C6H15NO2S/c1-7(2)6(8)5-10(3,4)9/h10H,5H2,1-4H3. The van der Waals surface area contributed by atoms with Gasteiger partial charge in [-0.2, -0.15) is 0 Å². The lowest BCUT2D eigenvalue weighted by Gasteiger charge is -2.15. The Morgan fingerprint density at radius 3 is 1.90 bits per heavy atom. The van der Waals surface area contributed by atoms with Crippen LogP contribution >= 0.6 is 0 Å². The molecule has 0 bridgehead atoms. The first-order chi connectivity index (χ1) is 4.33. The fourth-order valence-electron chi connectivity index (χ4n) is 0.467. The maximum atomic E-state index is 11.1. The minimum atomic E-state index is -2.17. The van der Waals surface area contributed by atoms with Gasteiger partial charge in [0.1, 0.15) is 0 Å². The monoisotopic (exact) mass is 165 g/mol. The van der Waals surface area contributed by atoms with Gasteiger partial charge in [0.05, 0.1) is 5.75 Å². The third kappa shape index (κ3) is 4.49. The van der Waals surface area contributed by atoms with Crippen molar-refractivity contribution in [3.63, 3.8) is 0 Å². The Balaban J connectivity index is 3.94. The molecule has 0 aromatic heterocycles. The van der Waals surface area contributed by atoms with Gasteiger partial charge >= 0.3 is 0 Å². The Labute approximate surface area is 62.8 Å². The summed E-state index contributed by atoms with van der Waals surface area (Å²) in [7, 11) is 1.16. The van der Waals surface area contributed by atoms with Gasteiger partial charge < -0.3 is 4.90 Å². The molecule has 0 N–H and O–H groups in total. The third-order valence-electron chi connectivity index (χ3n) is 1.01. The molecule has 0 aliphatic rings. The second kappa shape index (κ2) is 3.14. The SMILES string of the molecule is CN(C)C(=O)C[SH](C)(C)=O. The lowest BCUT2D eigenvalue weighted by atomic mass is 10.6. The molecule has 0 atom stereocenters. The van der Waals surface area contributed by atoms with E-state index in [9.17, 15) is 9.00 Å². The van der Waals surface area contributed by atoms with E-state index in [4.69, 9.17) is 0 Å². The van der Waals surface area contributed by atoms with Crippen molar-refractivity contribution in [2.24, 2.45) is 0 Å². The van der Waals surface area contributed by atoms with Gasteiger partial charge in [-0.1, -0.05) is 0 Å². The quantitative estimate of drug-likeness (QED) is 0.552. The minimum Gasteiger partial charge on any atom is -0.348 e. The summed E-state index contributed by atoms with van der Waals surface area (Å²) in [6.45, 7) is 0. The van der Waals surface area contributed by atoms with Crippen LogP contribution < -0.4 is 0 Å². The summed E-state index contributed by atoms with van der Waals surface area (Å²) >= 11 is 0. The summed E-state index contributed by atoms with van der Waals surface area (Å²) in [4.78, 5) is 12.4. The number of nitrogens with zero attached hydrogens (tertiary/aromatic N) is 1. The van der Waals surface area contributed by atoms with Gasteiger partial charge in [-0.05, 0) is 12.5 Å². The maximum absolute atomic E-state index is 11.1. The van der Waals surface area contributed by atoms with Crippen LogP contribution in [-0.2, 0) is 14.7 Å². The summed E-state index contributed by atoms with van der Waals surface area (Å²) in [6, 6.07) is 0. The van der Waals surface area contributed by atoms with Crippen molar-refractivity contribution in [3.8, 4) is 0 Å². The number of carbonyl (C=O) groups excluding carboxylic acids is 1. The molecule has 0 unspecified atom stereocenters. The molecule has 0 fully saturated rings. The van der Waals surface area contributed by atoms with Gasteiger partial charge in [0.15, 0.2) is 0 Å². The number of carbonyl (C=O) groups is 1. The predicted octanol–water partition coefficient (Wildman–Crippen LogP) is -0.649. The van der Waals surface area contributed by atoms with E-state index in [1.807, 2.05) is 0 Å². The van der Waals surface area contributed by atoms with Gasteiger partial charge in [-0.3, -0.25) is 9.00 Å². The second-order valence-corrected chi connectivity index (χ2v) is 6.48. The number of hydrogen-bond donors (Lipinski definition) is 1. The Bertz CT molecular complexity index is 171. The summed E-state index contributed by atoms with van der Waals surface area (Å²) in [5.74, 6) is 0.119. The van der Waals surface area contributed by atoms with Crippen LogP contribution in [0.3, 0.4) is 0 Å². The Morgan fingerprint density at radius 2 is 1.80 bits per heavy atom. The molecular weight excluding hydrogens is 150 g/mol. The van der Waals surface area contributed by atoms with Crippen LogP contribution in [0, 0.1) is 0 Å². The van der Waals surface area contributed by atoms with Crippen molar-refractivity contribution < 1.29 is 9.00 Å². The van der Waals surface area contributed by atoms with Gasteiger partial charge in [0.25, 0.3) is 0 Å². The molecule has 0 aliphatic carbocycles. The van der Waals surface area contributed by atoms with Crippen molar-refractivity contribution in [1.29, 1.82) is 0 Å². The van der Waals surface area contributed by atoms with Gasteiger partial charge in [0, 0.05) is 14.1 Å². The molecule has 0 rings (SSSR count). The van der Waals surface area contributed by atoms with Gasteiger partial charge in [-0.25, -0.2) is 0 Å².